The number of aliphatic carboxylic acids is 1. The van der Waals surface area contributed by atoms with Crippen LogP contribution in [-0.4, -0.2) is 26.4 Å². The van der Waals surface area contributed by atoms with Crippen molar-refractivity contribution in [3.05, 3.63) is 23.3 Å². The summed E-state index contributed by atoms with van der Waals surface area (Å²) in [7, 11) is 0. The number of phenols is 3. The summed E-state index contributed by atoms with van der Waals surface area (Å²) in [5, 5.41) is 36.3. The summed E-state index contributed by atoms with van der Waals surface area (Å²) in [5.41, 5.74) is -0.0704. The molecule has 0 atom stereocenters. The van der Waals surface area contributed by atoms with Crippen LogP contribution in [0.5, 0.6) is 17.2 Å². The molecule has 0 aliphatic rings. The van der Waals surface area contributed by atoms with Gasteiger partial charge in [0.25, 0.3) is 0 Å². The molecule has 0 aromatic heterocycles. The number of carbonyl (C=O) groups is 1. The van der Waals surface area contributed by atoms with E-state index in [1.54, 1.807) is 0 Å². The van der Waals surface area contributed by atoms with Crippen molar-refractivity contribution in [1.29, 1.82) is 0 Å². The number of hydrogen-bond acceptors (Lipinski definition) is 4. The molecule has 0 saturated heterocycles. The van der Waals surface area contributed by atoms with Gasteiger partial charge in [0, 0.05) is 17.7 Å². The van der Waals surface area contributed by atoms with Crippen LogP contribution in [0.3, 0.4) is 0 Å². The maximum Gasteiger partial charge on any atom is 0.331 e. The third-order valence-corrected chi connectivity index (χ3v) is 1.82. The van der Waals surface area contributed by atoms with Crippen molar-refractivity contribution in [2.24, 2.45) is 0 Å². The van der Waals surface area contributed by atoms with E-state index in [1.165, 1.54) is 6.92 Å². The average molecular weight is 210 g/mol. The minimum atomic E-state index is -1.15. The lowest BCUT2D eigenvalue weighted by atomic mass is 10.1. The molecule has 1 rings (SSSR count). The number of aromatic hydroxyl groups is 3. The summed E-state index contributed by atoms with van der Waals surface area (Å²) in [6, 6.07) is 2.03. The highest BCUT2D eigenvalue weighted by molar-refractivity contribution is 5.92. The van der Waals surface area contributed by atoms with Gasteiger partial charge in [-0.05, 0) is 13.0 Å². The maximum atomic E-state index is 10.5. The van der Waals surface area contributed by atoms with E-state index < -0.39 is 5.97 Å². The van der Waals surface area contributed by atoms with E-state index in [0.29, 0.717) is 0 Å². The van der Waals surface area contributed by atoms with Crippen LogP contribution >= 0.6 is 0 Å². The minimum absolute atomic E-state index is 0.0345. The Bertz CT molecular complexity index is 410. The van der Waals surface area contributed by atoms with Gasteiger partial charge >= 0.3 is 5.97 Å². The monoisotopic (exact) mass is 210 g/mol. The molecular weight excluding hydrogens is 200 g/mol. The van der Waals surface area contributed by atoms with Gasteiger partial charge in [-0.2, -0.15) is 0 Å². The van der Waals surface area contributed by atoms with Gasteiger partial charge in [0.1, 0.15) is 17.2 Å². The van der Waals surface area contributed by atoms with E-state index in [0.717, 1.165) is 18.2 Å². The smallest absolute Gasteiger partial charge is 0.331 e. The fraction of sp³-hybridized carbons (Fsp3) is 0.100. The van der Waals surface area contributed by atoms with Crippen LogP contribution in [0.25, 0.3) is 6.08 Å². The molecule has 0 heterocycles. The second-order valence-electron chi connectivity index (χ2n) is 3.03. The Balaban J connectivity index is 3.27. The van der Waals surface area contributed by atoms with Crippen LogP contribution in [0, 0.1) is 0 Å². The van der Waals surface area contributed by atoms with E-state index in [2.05, 4.69) is 0 Å². The fourth-order valence-electron chi connectivity index (χ4n) is 1.03. The molecule has 0 radical (unpaired) electrons. The highest BCUT2D eigenvalue weighted by Crippen LogP contribution is 2.33. The van der Waals surface area contributed by atoms with Crippen molar-refractivity contribution in [3.8, 4) is 17.2 Å². The van der Waals surface area contributed by atoms with Crippen LogP contribution in [0.2, 0.25) is 0 Å². The van der Waals surface area contributed by atoms with E-state index in [1.807, 2.05) is 0 Å². The molecule has 0 fully saturated rings. The van der Waals surface area contributed by atoms with Crippen LogP contribution in [0.1, 0.15) is 12.5 Å². The first-order valence-electron chi connectivity index (χ1n) is 4.08. The average Bonchev–Trinajstić information content (AvgIpc) is 2.10. The van der Waals surface area contributed by atoms with Crippen molar-refractivity contribution in [2.75, 3.05) is 0 Å². The van der Waals surface area contributed by atoms with Gasteiger partial charge < -0.3 is 20.4 Å². The summed E-state index contributed by atoms with van der Waals surface area (Å²) in [4.78, 5) is 10.5. The molecule has 0 amide bonds. The van der Waals surface area contributed by atoms with Gasteiger partial charge in [0.05, 0.1) is 5.56 Å². The molecule has 15 heavy (non-hydrogen) atoms. The Morgan fingerprint density at radius 3 is 2.07 bits per heavy atom. The minimum Gasteiger partial charge on any atom is -0.508 e. The number of hydrogen-bond donors (Lipinski definition) is 4. The summed E-state index contributed by atoms with van der Waals surface area (Å²) >= 11 is 0. The van der Waals surface area contributed by atoms with Crippen LogP contribution in [-0.2, 0) is 4.79 Å². The summed E-state index contributed by atoms with van der Waals surface area (Å²) in [5.74, 6) is -2.21. The molecule has 4 N–H and O–H groups in total. The van der Waals surface area contributed by atoms with Crippen molar-refractivity contribution in [2.45, 2.75) is 6.92 Å². The van der Waals surface area contributed by atoms with Crippen LogP contribution in [0.4, 0.5) is 0 Å². The van der Waals surface area contributed by atoms with E-state index in [4.69, 9.17) is 10.2 Å². The number of carboxylic acids is 1. The Labute approximate surface area is 85.5 Å². The highest BCUT2D eigenvalue weighted by atomic mass is 16.4. The summed E-state index contributed by atoms with van der Waals surface area (Å²) < 4.78 is 0. The normalized spacial score (nSPS) is 11.4. The third kappa shape index (κ3) is 2.40. The molecule has 80 valence electrons. The fourth-order valence-corrected chi connectivity index (χ4v) is 1.03. The van der Waals surface area contributed by atoms with Crippen LogP contribution in [0.15, 0.2) is 17.7 Å². The number of carboxylic acid groups (broad SMARTS) is 1. The lowest BCUT2D eigenvalue weighted by Gasteiger charge is -2.04. The standard InChI is InChI=1S/C10H10O5/c1-5(10(14)15)2-7-8(12)3-6(11)4-9(7)13/h2-4,11-13H,1H3,(H,14,15)/b5-2+. The van der Waals surface area contributed by atoms with Gasteiger partial charge in [-0.3, -0.25) is 0 Å². The number of phenolic OH excluding ortho intramolecular Hbond substituents is 3. The molecule has 0 bridgehead atoms. The van der Waals surface area contributed by atoms with Gasteiger partial charge in [-0.15, -0.1) is 0 Å². The zero-order valence-electron chi connectivity index (χ0n) is 7.93. The van der Waals surface area contributed by atoms with Gasteiger partial charge in [-0.25, -0.2) is 4.79 Å². The molecule has 0 aliphatic heterocycles. The molecule has 0 unspecified atom stereocenters. The molecule has 0 aliphatic carbocycles. The predicted molar refractivity (Wildman–Crippen MR) is 52.7 cm³/mol. The predicted octanol–water partition coefficient (Wildman–Crippen LogP) is 1.29. The molecule has 1 aromatic rings. The lowest BCUT2D eigenvalue weighted by molar-refractivity contribution is -0.132. The highest BCUT2D eigenvalue weighted by Gasteiger charge is 2.09. The van der Waals surface area contributed by atoms with Crippen molar-refractivity contribution < 1.29 is 25.2 Å². The largest absolute Gasteiger partial charge is 0.508 e. The second-order valence-corrected chi connectivity index (χ2v) is 3.03. The first-order chi connectivity index (χ1) is 6.91. The van der Waals surface area contributed by atoms with Crippen molar-refractivity contribution in [1.82, 2.24) is 0 Å². The Morgan fingerprint density at radius 1 is 1.20 bits per heavy atom. The SMILES string of the molecule is C/C(=C\c1c(O)cc(O)cc1O)C(=O)O. The summed E-state index contributed by atoms with van der Waals surface area (Å²) in [6.07, 6.45) is 1.12. The maximum absolute atomic E-state index is 10.5. The number of benzene rings is 1. The molecule has 0 saturated carbocycles. The zero-order valence-corrected chi connectivity index (χ0v) is 7.93. The molecule has 0 spiro atoms. The zero-order chi connectivity index (χ0) is 11.6. The van der Waals surface area contributed by atoms with Gasteiger partial charge in [0.15, 0.2) is 0 Å². The second kappa shape index (κ2) is 3.91. The molecule has 1 aromatic carbocycles. The first-order valence-corrected chi connectivity index (χ1v) is 4.08. The van der Waals surface area contributed by atoms with Crippen LogP contribution < -0.4 is 0 Å². The van der Waals surface area contributed by atoms with E-state index >= 15 is 0 Å². The van der Waals surface area contributed by atoms with Crippen molar-refractivity contribution >= 4 is 12.0 Å². The first kappa shape index (κ1) is 10.9. The Morgan fingerprint density at radius 2 is 1.67 bits per heavy atom. The molecule has 5 heteroatoms. The topological polar surface area (TPSA) is 98.0 Å². The lowest BCUT2D eigenvalue weighted by Crippen LogP contribution is -1.95. The third-order valence-electron chi connectivity index (χ3n) is 1.82. The Hall–Kier alpha value is -2.17. The summed E-state index contributed by atoms with van der Waals surface area (Å²) in [6.45, 7) is 1.33. The Kier molecular flexibility index (Phi) is 2.85. The molecular formula is C10H10O5. The van der Waals surface area contributed by atoms with Crippen molar-refractivity contribution in [3.63, 3.8) is 0 Å². The van der Waals surface area contributed by atoms with E-state index in [9.17, 15) is 15.0 Å². The van der Waals surface area contributed by atoms with Gasteiger partial charge in [0.2, 0.25) is 0 Å². The van der Waals surface area contributed by atoms with E-state index in [-0.39, 0.29) is 28.4 Å². The van der Waals surface area contributed by atoms with Gasteiger partial charge in [-0.1, -0.05) is 0 Å². The quantitative estimate of drug-likeness (QED) is 0.551. The molecule has 5 nitrogen and oxygen atoms in total. The number of rotatable bonds is 2.